The van der Waals surface area contributed by atoms with Gasteiger partial charge in [-0.15, -0.1) is 12.4 Å². The van der Waals surface area contributed by atoms with Crippen molar-refractivity contribution in [3.63, 3.8) is 0 Å². The van der Waals surface area contributed by atoms with Crippen molar-refractivity contribution in [2.75, 3.05) is 32.8 Å². The maximum absolute atomic E-state index is 12.4. The third-order valence-corrected chi connectivity index (χ3v) is 4.17. The van der Waals surface area contributed by atoms with E-state index in [-0.39, 0.29) is 23.7 Å². The molecule has 1 aliphatic rings. The topological polar surface area (TPSA) is 59.6 Å². The van der Waals surface area contributed by atoms with Gasteiger partial charge in [-0.1, -0.05) is 6.92 Å². The van der Waals surface area contributed by atoms with Crippen LogP contribution in [0, 0.1) is 5.41 Å². The number of ether oxygens (including phenoxy) is 2. The highest BCUT2D eigenvalue weighted by molar-refractivity contribution is 5.94. The first kappa shape index (κ1) is 20.6. The van der Waals surface area contributed by atoms with Gasteiger partial charge in [0.05, 0.1) is 13.2 Å². The summed E-state index contributed by atoms with van der Waals surface area (Å²) < 4.78 is 11.1. The van der Waals surface area contributed by atoms with Gasteiger partial charge < -0.3 is 20.1 Å². The first-order valence-electron chi connectivity index (χ1n) is 8.46. The molecule has 1 unspecified atom stereocenters. The second kappa shape index (κ2) is 9.74. The lowest BCUT2D eigenvalue weighted by atomic mass is 9.83. The molecule has 0 spiro atoms. The Labute approximate surface area is 150 Å². The van der Waals surface area contributed by atoms with E-state index in [2.05, 4.69) is 17.6 Å². The second-order valence-corrected chi connectivity index (χ2v) is 6.30. The zero-order valence-electron chi connectivity index (χ0n) is 14.8. The molecular formula is C18H29ClN2O3. The molecule has 136 valence electrons. The number of carbonyl (C=O) groups excluding carboxylic acids is 1. The third kappa shape index (κ3) is 5.56. The SMILES string of the molecule is CCOc1ccc(C(=O)NCC2(C)CCCNC2)cc1OCC.Cl. The Hall–Kier alpha value is -1.46. The number of nitrogens with one attached hydrogen (secondary N) is 2. The van der Waals surface area contributed by atoms with Gasteiger partial charge in [-0.2, -0.15) is 0 Å². The summed E-state index contributed by atoms with van der Waals surface area (Å²) in [6.45, 7) is 9.85. The number of hydrogen-bond acceptors (Lipinski definition) is 4. The van der Waals surface area contributed by atoms with Crippen LogP contribution in [0.5, 0.6) is 11.5 Å². The molecule has 0 radical (unpaired) electrons. The minimum atomic E-state index is -0.0687. The largest absolute Gasteiger partial charge is 0.490 e. The van der Waals surface area contributed by atoms with Gasteiger partial charge in [0.2, 0.25) is 0 Å². The Morgan fingerprint density at radius 3 is 2.58 bits per heavy atom. The number of amides is 1. The highest BCUT2D eigenvalue weighted by atomic mass is 35.5. The maximum atomic E-state index is 12.4. The molecule has 24 heavy (non-hydrogen) atoms. The second-order valence-electron chi connectivity index (χ2n) is 6.30. The Morgan fingerprint density at radius 1 is 1.25 bits per heavy atom. The predicted octanol–water partition coefficient (Wildman–Crippen LogP) is 3.03. The Balaban J connectivity index is 0.00000288. The van der Waals surface area contributed by atoms with E-state index in [1.165, 1.54) is 0 Å². The summed E-state index contributed by atoms with van der Waals surface area (Å²) in [5, 5.41) is 6.45. The first-order chi connectivity index (χ1) is 11.1. The fourth-order valence-electron chi connectivity index (χ4n) is 2.86. The fourth-order valence-corrected chi connectivity index (χ4v) is 2.86. The normalized spacial score (nSPS) is 20.0. The van der Waals surface area contributed by atoms with Crippen LogP contribution < -0.4 is 20.1 Å². The van der Waals surface area contributed by atoms with E-state index in [9.17, 15) is 4.79 Å². The van der Waals surface area contributed by atoms with Gasteiger partial charge in [-0.3, -0.25) is 4.79 Å². The van der Waals surface area contributed by atoms with Crippen molar-refractivity contribution in [1.82, 2.24) is 10.6 Å². The number of halogens is 1. The van der Waals surface area contributed by atoms with Gasteiger partial charge in [-0.05, 0) is 56.8 Å². The molecule has 1 aromatic carbocycles. The standard InChI is InChI=1S/C18H28N2O3.ClH/c1-4-22-15-8-7-14(11-16(15)23-5-2)17(21)20-13-18(3)9-6-10-19-12-18;/h7-8,11,19H,4-6,9-10,12-13H2,1-3H3,(H,20,21);1H. The lowest BCUT2D eigenvalue weighted by molar-refractivity contribution is 0.0924. The minimum Gasteiger partial charge on any atom is -0.490 e. The number of hydrogen-bond donors (Lipinski definition) is 2. The molecule has 0 saturated carbocycles. The van der Waals surface area contributed by atoms with Gasteiger partial charge in [0.15, 0.2) is 11.5 Å². The van der Waals surface area contributed by atoms with E-state index >= 15 is 0 Å². The highest BCUT2D eigenvalue weighted by Gasteiger charge is 2.27. The average molecular weight is 357 g/mol. The predicted molar refractivity (Wildman–Crippen MR) is 98.6 cm³/mol. The molecule has 2 N–H and O–H groups in total. The Bertz CT molecular complexity index is 531. The van der Waals surface area contributed by atoms with Crippen molar-refractivity contribution in [1.29, 1.82) is 0 Å². The van der Waals surface area contributed by atoms with E-state index in [4.69, 9.17) is 9.47 Å². The van der Waals surface area contributed by atoms with Gasteiger partial charge in [0.25, 0.3) is 5.91 Å². The van der Waals surface area contributed by atoms with E-state index < -0.39 is 0 Å². The molecule has 1 amide bonds. The maximum Gasteiger partial charge on any atom is 0.251 e. The summed E-state index contributed by atoms with van der Waals surface area (Å²) in [5.41, 5.74) is 0.728. The molecule has 6 heteroatoms. The van der Waals surface area contributed by atoms with Crippen molar-refractivity contribution < 1.29 is 14.3 Å². The van der Waals surface area contributed by atoms with E-state index in [0.717, 1.165) is 25.9 Å². The molecule has 0 aromatic heterocycles. The van der Waals surface area contributed by atoms with Gasteiger partial charge in [-0.25, -0.2) is 0 Å². The molecule has 1 heterocycles. The van der Waals surface area contributed by atoms with Crippen LogP contribution in [0.15, 0.2) is 18.2 Å². The minimum absolute atomic E-state index is 0. The molecule has 1 aromatic rings. The van der Waals surface area contributed by atoms with E-state index in [1.807, 2.05) is 13.8 Å². The number of carbonyl (C=O) groups is 1. The van der Waals surface area contributed by atoms with Crippen LogP contribution in [0.4, 0.5) is 0 Å². The monoisotopic (exact) mass is 356 g/mol. The molecule has 0 aliphatic carbocycles. The van der Waals surface area contributed by atoms with Crippen molar-refractivity contribution in [3.05, 3.63) is 23.8 Å². The first-order valence-corrected chi connectivity index (χ1v) is 8.46. The van der Waals surface area contributed by atoms with Crippen LogP contribution in [0.25, 0.3) is 0 Å². The fraction of sp³-hybridized carbons (Fsp3) is 0.611. The van der Waals surface area contributed by atoms with Crippen molar-refractivity contribution >= 4 is 18.3 Å². The van der Waals surface area contributed by atoms with Gasteiger partial charge in [0.1, 0.15) is 0 Å². The van der Waals surface area contributed by atoms with Crippen LogP contribution in [0.3, 0.4) is 0 Å². The third-order valence-electron chi connectivity index (χ3n) is 4.17. The Kier molecular flexibility index (Phi) is 8.36. The molecule has 5 nitrogen and oxygen atoms in total. The summed E-state index contributed by atoms with van der Waals surface area (Å²) in [4.78, 5) is 12.4. The molecule has 1 saturated heterocycles. The van der Waals surface area contributed by atoms with Crippen molar-refractivity contribution in [2.45, 2.75) is 33.6 Å². The van der Waals surface area contributed by atoms with Crippen LogP contribution in [0.1, 0.15) is 44.0 Å². The van der Waals surface area contributed by atoms with Gasteiger partial charge >= 0.3 is 0 Å². The van der Waals surface area contributed by atoms with Crippen molar-refractivity contribution in [2.24, 2.45) is 5.41 Å². The van der Waals surface area contributed by atoms with Crippen molar-refractivity contribution in [3.8, 4) is 11.5 Å². The van der Waals surface area contributed by atoms with Crippen LogP contribution in [0.2, 0.25) is 0 Å². The van der Waals surface area contributed by atoms with Gasteiger partial charge in [0, 0.05) is 18.7 Å². The number of rotatable bonds is 7. The number of benzene rings is 1. The summed E-state index contributed by atoms with van der Waals surface area (Å²) in [6.07, 6.45) is 2.29. The molecule has 0 bridgehead atoms. The summed E-state index contributed by atoms with van der Waals surface area (Å²) in [5.74, 6) is 1.22. The molecule has 1 fully saturated rings. The molecule has 1 aliphatic heterocycles. The molecule has 2 rings (SSSR count). The molecule has 1 atom stereocenters. The van der Waals surface area contributed by atoms with E-state index in [0.29, 0.717) is 36.8 Å². The average Bonchev–Trinajstić information content (AvgIpc) is 2.55. The smallest absolute Gasteiger partial charge is 0.251 e. The summed E-state index contributed by atoms with van der Waals surface area (Å²) >= 11 is 0. The highest BCUT2D eigenvalue weighted by Crippen LogP contribution is 2.29. The van der Waals surface area contributed by atoms with Crippen LogP contribution in [-0.2, 0) is 0 Å². The lowest BCUT2D eigenvalue weighted by Gasteiger charge is -2.34. The summed E-state index contributed by atoms with van der Waals surface area (Å²) in [6, 6.07) is 5.34. The summed E-state index contributed by atoms with van der Waals surface area (Å²) in [7, 11) is 0. The Morgan fingerprint density at radius 2 is 1.96 bits per heavy atom. The lowest BCUT2D eigenvalue weighted by Crippen LogP contribution is -2.45. The van der Waals surface area contributed by atoms with Crippen LogP contribution >= 0.6 is 12.4 Å². The van der Waals surface area contributed by atoms with E-state index in [1.54, 1.807) is 18.2 Å². The molecular weight excluding hydrogens is 328 g/mol. The zero-order chi connectivity index (χ0) is 16.7. The van der Waals surface area contributed by atoms with Crippen LogP contribution in [-0.4, -0.2) is 38.8 Å². The zero-order valence-corrected chi connectivity index (χ0v) is 15.6. The quantitative estimate of drug-likeness (QED) is 0.788. The number of piperidine rings is 1.